The van der Waals surface area contributed by atoms with E-state index < -0.39 is 41.7 Å². The third kappa shape index (κ3) is 15.8. The van der Waals surface area contributed by atoms with Gasteiger partial charge >= 0.3 is 12.2 Å². The average molecular weight is 1050 g/mol. The largest absolute Gasteiger partial charge is 0.493 e. The minimum atomic E-state index is -1.07. The summed E-state index contributed by atoms with van der Waals surface area (Å²) in [7, 11) is 1.57. The molecule has 0 fully saturated rings. The smallest absolute Gasteiger partial charge is 0.407 e. The molecule has 7 rings (SSSR count). The van der Waals surface area contributed by atoms with Crippen LogP contribution < -0.4 is 41.8 Å². The van der Waals surface area contributed by atoms with Crippen molar-refractivity contribution >= 4 is 65.0 Å². The number of hydrogen-bond donors (Lipinski definition) is 6. The summed E-state index contributed by atoms with van der Waals surface area (Å²) >= 11 is 0. The Balaban J connectivity index is 0.00000937. The van der Waals surface area contributed by atoms with Crippen LogP contribution >= 0.6 is 13.5 Å². The minimum absolute atomic E-state index is 0. The molecule has 0 aromatic heterocycles. The maximum absolute atomic E-state index is 14.4. The first-order valence-electron chi connectivity index (χ1n) is 26.1. The number of amides is 4. The molecule has 7 N–H and O–H groups in total. The standard InChI is InChI=1S/C60H73N7O8.H2S/c1-39(2)32-36-72-51-30-28-40-18-7-9-20-42(40)53(51)54-43-21-10-8-19-41(43)29-31-52(54)73-37-35-63-55(68)49(26-15-16-33-65-58(70)75-60(3,4)5)66-56(69)50(27-17-34-64-57(61)62-6)67-59(71)74-38-48-46-24-13-11-22-44(46)45-23-12-14-25-47(45)48;/h7-14,18-25,28-31,39,48-50H,15-17,26-27,32-38H2,1-6H3,(H,63,68)(H,65,70)(H,66,69)(H,67,71)(H3,61,62,64);1H2/t49-,50-;/m1./s1. The summed E-state index contributed by atoms with van der Waals surface area (Å²) in [6, 6.07) is 38.5. The molecule has 0 bridgehead atoms. The van der Waals surface area contributed by atoms with E-state index in [9.17, 15) is 19.2 Å². The van der Waals surface area contributed by atoms with E-state index in [4.69, 9.17) is 24.7 Å². The molecular formula is C60H75N7O8S. The summed E-state index contributed by atoms with van der Waals surface area (Å²) in [5.74, 6) is 0.902. The number of nitrogens with zero attached hydrogens (tertiary/aromatic N) is 1. The molecule has 6 aromatic carbocycles. The highest BCUT2D eigenvalue weighted by atomic mass is 32.1. The summed E-state index contributed by atoms with van der Waals surface area (Å²) in [6.45, 7) is 11.2. The number of rotatable bonds is 24. The number of hydrogen-bond acceptors (Lipinski definition) is 9. The molecule has 4 amide bonds. The molecule has 0 saturated heterocycles. The maximum Gasteiger partial charge on any atom is 0.407 e. The number of aliphatic imine (C=N–C) groups is 1. The van der Waals surface area contributed by atoms with Gasteiger partial charge in [0.25, 0.3) is 0 Å². The molecule has 76 heavy (non-hydrogen) atoms. The number of benzene rings is 6. The molecule has 0 spiro atoms. The summed E-state index contributed by atoms with van der Waals surface area (Å²) in [4.78, 5) is 58.6. The van der Waals surface area contributed by atoms with Crippen molar-refractivity contribution in [3.8, 4) is 33.8 Å². The van der Waals surface area contributed by atoms with Gasteiger partial charge in [0, 0.05) is 37.2 Å². The van der Waals surface area contributed by atoms with E-state index in [0.717, 1.165) is 67.1 Å². The van der Waals surface area contributed by atoms with E-state index in [1.165, 1.54) is 0 Å². The second-order valence-electron chi connectivity index (χ2n) is 20.2. The zero-order valence-electron chi connectivity index (χ0n) is 44.6. The van der Waals surface area contributed by atoms with Gasteiger partial charge in [-0.3, -0.25) is 14.6 Å². The van der Waals surface area contributed by atoms with Gasteiger partial charge in [-0.2, -0.15) is 13.5 Å². The van der Waals surface area contributed by atoms with Gasteiger partial charge < -0.3 is 51.3 Å². The molecule has 0 saturated carbocycles. The zero-order chi connectivity index (χ0) is 53.3. The number of guanidine groups is 1. The number of unbranched alkanes of at least 4 members (excludes halogenated alkanes) is 1. The highest BCUT2D eigenvalue weighted by Gasteiger charge is 2.31. The molecular weight excluding hydrogens is 979 g/mol. The van der Waals surface area contributed by atoms with Gasteiger partial charge in [-0.1, -0.05) is 123 Å². The predicted molar refractivity (Wildman–Crippen MR) is 308 cm³/mol. The van der Waals surface area contributed by atoms with Gasteiger partial charge in [0.15, 0.2) is 5.96 Å². The van der Waals surface area contributed by atoms with Gasteiger partial charge in [-0.05, 0) is 121 Å². The monoisotopic (exact) mass is 1050 g/mol. The Morgan fingerprint density at radius 3 is 1.72 bits per heavy atom. The van der Waals surface area contributed by atoms with Crippen molar-refractivity contribution in [2.75, 3.05) is 46.5 Å². The Morgan fingerprint density at radius 1 is 0.592 bits per heavy atom. The lowest BCUT2D eigenvalue weighted by Crippen LogP contribution is -2.54. The van der Waals surface area contributed by atoms with Crippen LogP contribution in [0.2, 0.25) is 0 Å². The first-order chi connectivity index (χ1) is 36.2. The maximum atomic E-state index is 14.4. The van der Waals surface area contributed by atoms with Crippen LogP contribution in [-0.4, -0.2) is 94.1 Å². The molecule has 2 atom stereocenters. The fourth-order valence-electron chi connectivity index (χ4n) is 9.29. The summed E-state index contributed by atoms with van der Waals surface area (Å²) in [6.07, 6.45) is 1.38. The Bertz CT molecular complexity index is 2910. The number of ether oxygens (including phenoxy) is 4. The van der Waals surface area contributed by atoms with Crippen LogP contribution in [0.5, 0.6) is 11.5 Å². The lowest BCUT2D eigenvalue weighted by molar-refractivity contribution is -0.130. The van der Waals surface area contributed by atoms with Crippen LogP contribution in [0.25, 0.3) is 43.8 Å². The van der Waals surface area contributed by atoms with E-state index in [1.54, 1.807) is 27.8 Å². The van der Waals surface area contributed by atoms with Crippen LogP contribution in [0.15, 0.2) is 126 Å². The van der Waals surface area contributed by atoms with Crippen molar-refractivity contribution in [2.45, 2.75) is 96.7 Å². The van der Waals surface area contributed by atoms with Crippen molar-refractivity contribution in [1.29, 1.82) is 0 Å². The Kier molecular flexibility index (Phi) is 21.2. The number of alkyl carbamates (subject to hydrolysis) is 2. The van der Waals surface area contributed by atoms with E-state index in [-0.39, 0.29) is 58.0 Å². The van der Waals surface area contributed by atoms with E-state index >= 15 is 0 Å². The molecule has 0 unspecified atom stereocenters. The first kappa shape index (κ1) is 57.8. The van der Waals surface area contributed by atoms with Crippen LogP contribution in [0, 0.1) is 5.92 Å². The van der Waals surface area contributed by atoms with E-state index in [2.05, 4.69) is 87.9 Å². The van der Waals surface area contributed by atoms with Crippen LogP contribution in [0.1, 0.15) is 90.2 Å². The second-order valence-corrected chi connectivity index (χ2v) is 20.2. The summed E-state index contributed by atoms with van der Waals surface area (Å²) in [5.41, 5.74) is 11.3. The topological polar surface area (TPSA) is 204 Å². The molecule has 15 nitrogen and oxygen atoms in total. The lowest BCUT2D eigenvalue weighted by Gasteiger charge is -2.24. The van der Waals surface area contributed by atoms with Crippen LogP contribution in [0.4, 0.5) is 9.59 Å². The van der Waals surface area contributed by atoms with Gasteiger partial charge in [0.2, 0.25) is 11.8 Å². The molecule has 1 aliphatic carbocycles. The van der Waals surface area contributed by atoms with Crippen molar-refractivity contribution in [3.63, 3.8) is 0 Å². The number of nitrogens with one attached hydrogen (secondary N) is 5. The molecule has 16 heteroatoms. The molecule has 6 aromatic rings. The minimum Gasteiger partial charge on any atom is -0.493 e. The zero-order valence-corrected chi connectivity index (χ0v) is 45.6. The lowest BCUT2D eigenvalue weighted by atomic mass is 9.92. The fraction of sp³-hybridized carbons (Fsp3) is 0.383. The second kappa shape index (κ2) is 27.9. The number of carbonyl (C=O) groups is 4. The predicted octanol–water partition coefficient (Wildman–Crippen LogP) is 10.1. The SMILES string of the molecule is CN=C(N)NCCC[C@@H](NC(=O)OCC1c2ccccc2-c2ccccc21)C(=O)N[C@H](CCCCNC(=O)OC(C)(C)C)C(=O)NCCOc1ccc2ccccc2c1-c1c(OCCC(C)C)ccc2ccccc12.S. The average Bonchev–Trinajstić information content (AvgIpc) is 3.73. The Labute approximate surface area is 453 Å². The third-order valence-corrected chi connectivity index (χ3v) is 13.0. The van der Waals surface area contributed by atoms with Gasteiger partial charge in [0.1, 0.15) is 42.4 Å². The van der Waals surface area contributed by atoms with Crippen molar-refractivity contribution in [3.05, 3.63) is 132 Å². The number of carbonyl (C=O) groups excluding carboxylic acids is 4. The van der Waals surface area contributed by atoms with Gasteiger partial charge in [0.05, 0.1) is 13.2 Å². The molecule has 0 heterocycles. The van der Waals surface area contributed by atoms with Crippen LogP contribution in [-0.2, 0) is 19.1 Å². The number of fused-ring (bicyclic) bond motifs is 5. The molecule has 0 radical (unpaired) electrons. The van der Waals surface area contributed by atoms with E-state index in [1.807, 2.05) is 78.9 Å². The quantitative estimate of drug-likeness (QED) is 0.0192. The molecule has 1 aliphatic rings. The Hall–Kier alpha value is -7.46. The first-order valence-corrected chi connectivity index (χ1v) is 26.1. The number of nitrogens with two attached hydrogens (primary N) is 1. The van der Waals surface area contributed by atoms with Gasteiger partial charge in [-0.15, -0.1) is 0 Å². The van der Waals surface area contributed by atoms with Gasteiger partial charge in [-0.25, -0.2) is 9.59 Å². The fourth-order valence-corrected chi connectivity index (χ4v) is 9.29. The van der Waals surface area contributed by atoms with Crippen molar-refractivity contribution < 1.29 is 38.1 Å². The summed E-state index contributed by atoms with van der Waals surface area (Å²) < 4.78 is 24.4. The Morgan fingerprint density at radius 2 is 1.13 bits per heavy atom. The highest BCUT2D eigenvalue weighted by Crippen LogP contribution is 2.46. The van der Waals surface area contributed by atoms with Crippen molar-refractivity contribution in [1.82, 2.24) is 26.6 Å². The van der Waals surface area contributed by atoms with E-state index in [0.29, 0.717) is 50.6 Å². The molecule has 0 aliphatic heterocycles. The highest BCUT2D eigenvalue weighted by molar-refractivity contribution is 7.59. The normalized spacial score (nSPS) is 12.9. The van der Waals surface area contributed by atoms with Crippen LogP contribution in [0.3, 0.4) is 0 Å². The third-order valence-electron chi connectivity index (χ3n) is 13.0. The summed E-state index contributed by atoms with van der Waals surface area (Å²) in [5, 5.41) is 18.6. The molecule has 404 valence electrons. The van der Waals surface area contributed by atoms with Crippen molar-refractivity contribution in [2.24, 2.45) is 16.6 Å².